The van der Waals surface area contributed by atoms with Gasteiger partial charge < -0.3 is 9.64 Å². The van der Waals surface area contributed by atoms with E-state index in [4.69, 9.17) is 4.74 Å². The van der Waals surface area contributed by atoms with E-state index >= 15 is 0 Å². The molecule has 0 amide bonds. The van der Waals surface area contributed by atoms with E-state index < -0.39 is 0 Å². The summed E-state index contributed by atoms with van der Waals surface area (Å²) in [6, 6.07) is 1.94. The van der Waals surface area contributed by atoms with E-state index in [1.165, 1.54) is 0 Å². The normalized spacial score (nSPS) is 21.7. The zero-order valence-corrected chi connectivity index (χ0v) is 10.3. The molecular weight excluding hydrogens is 258 g/mol. The van der Waals surface area contributed by atoms with Crippen molar-refractivity contribution in [3.63, 3.8) is 0 Å². The lowest BCUT2D eigenvalue weighted by atomic mass is 10.2. The largest absolute Gasteiger partial charge is 0.375 e. The summed E-state index contributed by atoms with van der Waals surface area (Å²) in [5, 5.41) is 0. The first-order chi connectivity index (χ1) is 7.29. The van der Waals surface area contributed by atoms with E-state index in [1.807, 2.05) is 6.07 Å². The predicted octanol–water partition coefficient (Wildman–Crippen LogP) is 1.85. The molecule has 0 spiro atoms. The van der Waals surface area contributed by atoms with Gasteiger partial charge in [-0.15, -0.1) is 0 Å². The Morgan fingerprint density at radius 3 is 3.20 bits per heavy atom. The summed E-state index contributed by atoms with van der Waals surface area (Å²) in [6.07, 6.45) is 2.95. The standard InChI is InChI=1S/C10H14BrN3O/c1-2-8-6-14(3-4-15-8)10-5-9(11)12-7-13-10/h5,7-8H,2-4,6H2,1H3. The zero-order chi connectivity index (χ0) is 10.7. The van der Waals surface area contributed by atoms with Gasteiger partial charge in [-0.1, -0.05) is 6.92 Å². The number of hydrogen-bond acceptors (Lipinski definition) is 4. The van der Waals surface area contributed by atoms with Gasteiger partial charge >= 0.3 is 0 Å². The molecule has 1 saturated heterocycles. The third kappa shape index (κ3) is 2.66. The molecule has 1 aromatic heterocycles. The van der Waals surface area contributed by atoms with Crippen molar-refractivity contribution in [1.82, 2.24) is 9.97 Å². The van der Waals surface area contributed by atoms with Crippen molar-refractivity contribution in [2.45, 2.75) is 19.4 Å². The van der Waals surface area contributed by atoms with Crippen LogP contribution in [0.25, 0.3) is 0 Å². The lowest BCUT2D eigenvalue weighted by Crippen LogP contribution is -2.42. The van der Waals surface area contributed by atoms with Gasteiger partial charge in [-0.2, -0.15) is 0 Å². The van der Waals surface area contributed by atoms with E-state index in [0.29, 0.717) is 6.10 Å². The SMILES string of the molecule is CCC1CN(c2cc(Br)ncn2)CCO1. The van der Waals surface area contributed by atoms with Crippen LogP contribution in [0.4, 0.5) is 5.82 Å². The van der Waals surface area contributed by atoms with Crippen molar-refractivity contribution in [3.05, 3.63) is 17.0 Å². The van der Waals surface area contributed by atoms with Crippen molar-refractivity contribution < 1.29 is 4.74 Å². The van der Waals surface area contributed by atoms with Gasteiger partial charge in [0.05, 0.1) is 12.7 Å². The number of aromatic nitrogens is 2. The van der Waals surface area contributed by atoms with Gasteiger partial charge in [0.25, 0.3) is 0 Å². The fourth-order valence-corrected chi connectivity index (χ4v) is 1.97. The molecule has 4 nitrogen and oxygen atoms in total. The maximum Gasteiger partial charge on any atom is 0.133 e. The number of ether oxygens (including phenoxy) is 1. The summed E-state index contributed by atoms with van der Waals surface area (Å²) < 4.78 is 6.44. The van der Waals surface area contributed by atoms with Crippen LogP contribution >= 0.6 is 15.9 Å². The van der Waals surface area contributed by atoms with Crippen LogP contribution in [0.1, 0.15) is 13.3 Å². The average Bonchev–Trinajstić information content (AvgIpc) is 2.29. The van der Waals surface area contributed by atoms with Crippen LogP contribution in [0.3, 0.4) is 0 Å². The van der Waals surface area contributed by atoms with Gasteiger partial charge in [0, 0.05) is 19.2 Å². The van der Waals surface area contributed by atoms with Gasteiger partial charge in [0.2, 0.25) is 0 Å². The highest BCUT2D eigenvalue weighted by Gasteiger charge is 2.19. The molecule has 0 aromatic carbocycles. The number of morpholine rings is 1. The molecule has 1 atom stereocenters. The molecule has 1 aliphatic heterocycles. The minimum atomic E-state index is 0.326. The summed E-state index contributed by atoms with van der Waals surface area (Å²) in [7, 11) is 0. The Labute approximate surface area is 97.8 Å². The summed E-state index contributed by atoms with van der Waals surface area (Å²) >= 11 is 3.35. The first-order valence-corrected chi connectivity index (χ1v) is 5.93. The number of nitrogens with zero attached hydrogens (tertiary/aromatic N) is 3. The van der Waals surface area contributed by atoms with E-state index in [0.717, 1.165) is 36.5 Å². The molecule has 0 aliphatic carbocycles. The van der Waals surface area contributed by atoms with Crippen LogP contribution in [0, 0.1) is 0 Å². The number of anilines is 1. The van der Waals surface area contributed by atoms with Crippen LogP contribution in [-0.2, 0) is 4.74 Å². The van der Waals surface area contributed by atoms with Gasteiger partial charge in [0.15, 0.2) is 0 Å². The highest BCUT2D eigenvalue weighted by atomic mass is 79.9. The Hall–Kier alpha value is -0.680. The molecular formula is C10H14BrN3O. The third-order valence-corrected chi connectivity index (χ3v) is 2.97. The quantitative estimate of drug-likeness (QED) is 0.770. The number of rotatable bonds is 2. The average molecular weight is 272 g/mol. The Balaban J connectivity index is 2.09. The molecule has 2 rings (SSSR count). The fraction of sp³-hybridized carbons (Fsp3) is 0.600. The maximum absolute atomic E-state index is 5.61. The van der Waals surface area contributed by atoms with Crippen LogP contribution in [-0.4, -0.2) is 35.8 Å². The molecule has 0 bridgehead atoms. The zero-order valence-electron chi connectivity index (χ0n) is 8.69. The minimum Gasteiger partial charge on any atom is -0.375 e. The minimum absolute atomic E-state index is 0.326. The van der Waals surface area contributed by atoms with E-state index in [9.17, 15) is 0 Å². The summed E-state index contributed by atoms with van der Waals surface area (Å²) in [5.74, 6) is 0.971. The predicted molar refractivity (Wildman–Crippen MR) is 62.0 cm³/mol. The van der Waals surface area contributed by atoms with Gasteiger partial charge in [-0.25, -0.2) is 9.97 Å². The monoisotopic (exact) mass is 271 g/mol. The van der Waals surface area contributed by atoms with Crippen molar-refractivity contribution in [1.29, 1.82) is 0 Å². The lowest BCUT2D eigenvalue weighted by molar-refractivity contribution is 0.0381. The summed E-state index contributed by atoms with van der Waals surface area (Å²) in [5.41, 5.74) is 0. The second-order valence-electron chi connectivity index (χ2n) is 3.55. The van der Waals surface area contributed by atoms with Gasteiger partial charge in [-0.3, -0.25) is 0 Å². The van der Waals surface area contributed by atoms with Crippen molar-refractivity contribution >= 4 is 21.7 Å². The molecule has 1 fully saturated rings. The molecule has 2 heterocycles. The van der Waals surface area contributed by atoms with Crippen LogP contribution in [0.2, 0.25) is 0 Å². The van der Waals surface area contributed by atoms with Gasteiger partial charge in [-0.05, 0) is 22.4 Å². The molecule has 82 valence electrons. The van der Waals surface area contributed by atoms with Crippen LogP contribution < -0.4 is 4.90 Å². The Kier molecular flexibility index (Phi) is 3.53. The second-order valence-corrected chi connectivity index (χ2v) is 4.36. The third-order valence-electron chi connectivity index (χ3n) is 2.54. The molecule has 0 radical (unpaired) electrons. The number of hydrogen-bond donors (Lipinski definition) is 0. The molecule has 1 unspecified atom stereocenters. The molecule has 5 heteroatoms. The van der Waals surface area contributed by atoms with Crippen LogP contribution in [0.15, 0.2) is 17.0 Å². The van der Waals surface area contributed by atoms with E-state index in [1.54, 1.807) is 6.33 Å². The van der Waals surface area contributed by atoms with Crippen molar-refractivity contribution in [3.8, 4) is 0 Å². The highest BCUT2D eigenvalue weighted by Crippen LogP contribution is 2.18. The van der Waals surface area contributed by atoms with Crippen LogP contribution in [0.5, 0.6) is 0 Å². The molecule has 0 N–H and O–H groups in total. The summed E-state index contributed by atoms with van der Waals surface area (Å²) in [6.45, 7) is 4.74. The lowest BCUT2D eigenvalue weighted by Gasteiger charge is -2.33. The first kappa shape index (κ1) is 10.8. The molecule has 0 saturated carbocycles. The Morgan fingerprint density at radius 1 is 1.60 bits per heavy atom. The second kappa shape index (κ2) is 4.90. The maximum atomic E-state index is 5.61. The van der Waals surface area contributed by atoms with Crippen molar-refractivity contribution in [2.75, 3.05) is 24.6 Å². The van der Waals surface area contributed by atoms with Crippen molar-refractivity contribution in [2.24, 2.45) is 0 Å². The molecule has 15 heavy (non-hydrogen) atoms. The summed E-state index contributed by atoms with van der Waals surface area (Å²) in [4.78, 5) is 10.5. The Bertz CT molecular complexity index is 334. The topological polar surface area (TPSA) is 38.2 Å². The highest BCUT2D eigenvalue weighted by molar-refractivity contribution is 9.10. The van der Waals surface area contributed by atoms with Gasteiger partial charge in [0.1, 0.15) is 16.7 Å². The fourth-order valence-electron chi connectivity index (χ4n) is 1.67. The first-order valence-electron chi connectivity index (χ1n) is 5.13. The Morgan fingerprint density at radius 2 is 2.47 bits per heavy atom. The van der Waals surface area contributed by atoms with E-state index in [-0.39, 0.29) is 0 Å². The molecule has 1 aliphatic rings. The number of halogens is 1. The van der Waals surface area contributed by atoms with E-state index in [2.05, 4.69) is 37.7 Å². The smallest absolute Gasteiger partial charge is 0.133 e. The molecule has 1 aromatic rings.